The van der Waals surface area contributed by atoms with E-state index in [1.165, 1.54) is 22.2 Å². The van der Waals surface area contributed by atoms with Crippen LogP contribution in [0.25, 0.3) is 0 Å². The lowest BCUT2D eigenvalue weighted by atomic mass is 9.83. The molecule has 3 atom stereocenters. The van der Waals surface area contributed by atoms with Gasteiger partial charge in [-0.05, 0) is 54.4 Å². The first-order chi connectivity index (χ1) is 17.9. The van der Waals surface area contributed by atoms with E-state index >= 15 is 0 Å². The molecule has 0 aliphatic carbocycles. The second-order valence-electron chi connectivity index (χ2n) is 9.08. The van der Waals surface area contributed by atoms with Gasteiger partial charge in [0.15, 0.2) is 0 Å². The van der Waals surface area contributed by atoms with E-state index < -0.39 is 17.1 Å². The van der Waals surface area contributed by atoms with Crippen molar-refractivity contribution in [2.24, 2.45) is 5.92 Å². The van der Waals surface area contributed by atoms with Gasteiger partial charge in [-0.1, -0.05) is 76.7 Å². The molecule has 1 aromatic heterocycles. The first-order valence-corrected chi connectivity index (χ1v) is 13.8. The molecule has 186 valence electrons. The third kappa shape index (κ3) is 4.39. The quantitative estimate of drug-likeness (QED) is 0.320. The average Bonchev–Trinajstić information content (AvgIpc) is 3.38. The van der Waals surface area contributed by atoms with Gasteiger partial charge in [0.05, 0.1) is 16.6 Å². The summed E-state index contributed by atoms with van der Waals surface area (Å²) in [7, 11) is 0. The number of carbonyl (C=O) groups excluding carboxylic acids is 2. The van der Waals surface area contributed by atoms with Gasteiger partial charge < -0.3 is 9.72 Å². The van der Waals surface area contributed by atoms with Crippen LogP contribution < -0.4 is 14.5 Å². The number of rotatable bonds is 5. The zero-order chi connectivity index (χ0) is 25.7. The summed E-state index contributed by atoms with van der Waals surface area (Å²) in [4.78, 5) is 44.2. The van der Waals surface area contributed by atoms with Crippen LogP contribution >= 0.6 is 34.7 Å². The molecular formula is C28H21ClN2O4S2. The maximum absolute atomic E-state index is 13.7. The Morgan fingerprint density at radius 2 is 1.73 bits per heavy atom. The number of aryl methyl sites for hydroxylation is 1. The van der Waals surface area contributed by atoms with Crippen LogP contribution in [0.2, 0.25) is 5.02 Å². The number of imide groups is 1. The second-order valence-corrected chi connectivity index (χ2v) is 11.7. The van der Waals surface area contributed by atoms with E-state index in [2.05, 4.69) is 11.1 Å². The number of nitrogens with one attached hydrogen (secondary N) is 1. The second kappa shape index (κ2) is 9.52. The highest BCUT2D eigenvalue weighted by Gasteiger charge is 2.56. The number of fused-ring (bicyclic) bond motifs is 2. The number of hydrogen-bond acceptors (Lipinski definition) is 6. The van der Waals surface area contributed by atoms with E-state index in [0.29, 0.717) is 28.1 Å². The van der Waals surface area contributed by atoms with Gasteiger partial charge in [0.1, 0.15) is 17.6 Å². The largest absolute Gasteiger partial charge is 0.489 e. The average molecular weight is 549 g/mol. The van der Waals surface area contributed by atoms with Gasteiger partial charge >= 0.3 is 4.87 Å². The fourth-order valence-electron chi connectivity index (χ4n) is 4.96. The SMILES string of the molecule is Cc1cccc(COc2ccc([C@@H]3c4sc(=O)[nH]c4S[C@H]4C(=O)N(c5ccc(Cl)cc5)C(=O)[C@@H]34)cc2)c1. The predicted octanol–water partition coefficient (Wildman–Crippen LogP) is 5.77. The summed E-state index contributed by atoms with van der Waals surface area (Å²) in [6.07, 6.45) is 0. The van der Waals surface area contributed by atoms with E-state index in [1.54, 1.807) is 24.3 Å². The van der Waals surface area contributed by atoms with Crippen molar-refractivity contribution in [2.45, 2.75) is 29.7 Å². The van der Waals surface area contributed by atoms with E-state index in [9.17, 15) is 14.4 Å². The fourth-order valence-corrected chi connectivity index (χ4v) is 7.60. The van der Waals surface area contributed by atoms with Crippen molar-refractivity contribution in [3.63, 3.8) is 0 Å². The molecule has 4 aromatic rings. The summed E-state index contributed by atoms with van der Waals surface area (Å²) in [5.74, 6) is -0.925. The lowest BCUT2D eigenvalue weighted by Crippen LogP contribution is -2.32. The number of H-pyrrole nitrogens is 1. The molecule has 0 radical (unpaired) electrons. The first-order valence-electron chi connectivity index (χ1n) is 11.7. The van der Waals surface area contributed by atoms with Crippen LogP contribution in [-0.4, -0.2) is 22.0 Å². The topological polar surface area (TPSA) is 79.5 Å². The highest BCUT2D eigenvalue weighted by Crippen LogP contribution is 2.53. The molecule has 9 heteroatoms. The minimum Gasteiger partial charge on any atom is -0.489 e. The lowest BCUT2D eigenvalue weighted by Gasteiger charge is -2.29. The van der Waals surface area contributed by atoms with Crippen molar-refractivity contribution >= 4 is 52.2 Å². The smallest absolute Gasteiger partial charge is 0.305 e. The summed E-state index contributed by atoms with van der Waals surface area (Å²) >= 11 is 8.38. The molecule has 6 rings (SSSR count). The number of ether oxygens (including phenoxy) is 1. The highest BCUT2D eigenvalue weighted by atomic mass is 35.5. The number of thiazole rings is 1. The van der Waals surface area contributed by atoms with Crippen molar-refractivity contribution in [3.8, 4) is 5.75 Å². The molecule has 0 saturated carbocycles. The number of halogens is 1. The number of anilines is 1. The van der Waals surface area contributed by atoms with Gasteiger partial charge in [0, 0.05) is 15.8 Å². The van der Waals surface area contributed by atoms with E-state index in [4.69, 9.17) is 16.3 Å². The standard InChI is InChI=1S/C28H21ClN2O4S2/c1-15-3-2-4-16(13-15)14-35-20-11-5-17(6-12-20)21-22-24(36-25-23(21)37-28(34)30-25)27(33)31(26(22)32)19-9-7-18(29)8-10-19/h2-13,21-22,24H,14H2,1H3,(H,30,34)/t21-,22-,24+/m0/s1. The molecular weight excluding hydrogens is 528 g/mol. The Balaban J connectivity index is 1.32. The summed E-state index contributed by atoms with van der Waals surface area (Å²) in [6, 6.07) is 22.4. The minimum atomic E-state index is -0.636. The normalized spacial score (nSPS) is 20.6. The third-order valence-corrected chi connectivity index (χ3v) is 9.29. The zero-order valence-corrected chi connectivity index (χ0v) is 22.0. The Bertz CT molecular complexity index is 1560. The van der Waals surface area contributed by atoms with Crippen LogP contribution in [-0.2, 0) is 16.2 Å². The van der Waals surface area contributed by atoms with Gasteiger partial charge in [-0.2, -0.15) is 0 Å². The van der Waals surface area contributed by atoms with E-state index in [0.717, 1.165) is 27.3 Å². The third-order valence-electron chi connectivity index (χ3n) is 6.64. The van der Waals surface area contributed by atoms with Gasteiger partial charge in [0.25, 0.3) is 0 Å². The molecule has 6 nitrogen and oxygen atoms in total. The number of aromatic nitrogens is 1. The highest BCUT2D eigenvalue weighted by molar-refractivity contribution is 8.00. The molecule has 37 heavy (non-hydrogen) atoms. The van der Waals surface area contributed by atoms with Crippen LogP contribution in [0.3, 0.4) is 0 Å². The summed E-state index contributed by atoms with van der Waals surface area (Å²) in [5.41, 5.74) is 3.60. The number of hydrogen-bond donors (Lipinski definition) is 1. The first kappa shape index (κ1) is 24.0. The molecule has 2 amide bonds. The lowest BCUT2D eigenvalue weighted by molar-refractivity contribution is -0.122. The Hall–Kier alpha value is -3.33. The van der Waals surface area contributed by atoms with Crippen LogP contribution in [0.4, 0.5) is 5.69 Å². The molecule has 3 aromatic carbocycles. The number of thioether (sulfide) groups is 1. The van der Waals surface area contributed by atoms with Crippen LogP contribution in [0.5, 0.6) is 5.75 Å². The number of benzene rings is 3. The summed E-state index contributed by atoms with van der Waals surface area (Å²) in [6.45, 7) is 2.49. The van der Waals surface area contributed by atoms with Crippen LogP contribution in [0.15, 0.2) is 82.6 Å². The van der Waals surface area contributed by atoms with Gasteiger partial charge in [-0.15, -0.1) is 0 Å². The number of carbonyl (C=O) groups is 2. The Morgan fingerprint density at radius 1 is 0.973 bits per heavy atom. The molecule has 1 N–H and O–H groups in total. The molecule has 3 heterocycles. The molecule has 2 aliphatic heterocycles. The van der Waals surface area contributed by atoms with Crippen molar-refractivity contribution in [3.05, 3.63) is 109 Å². The number of aromatic amines is 1. The van der Waals surface area contributed by atoms with Crippen LogP contribution in [0, 0.1) is 12.8 Å². The molecule has 0 spiro atoms. The molecule has 1 fully saturated rings. The zero-order valence-electron chi connectivity index (χ0n) is 19.6. The monoisotopic (exact) mass is 548 g/mol. The number of amides is 2. The minimum absolute atomic E-state index is 0.199. The van der Waals surface area contributed by atoms with Crippen molar-refractivity contribution in [1.29, 1.82) is 0 Å². The summed E-state index contributed by atoms with van der Waals surface area (Å²) in [5, 5.41) is 0.542. The van der Waals surface area contributed by atoms with Crippen molar-refractivity contribution in [2.75, 3.05) is 4.90 Å². The number of nitrogens with zero attached hydrogens (tertiary/aromatic N) is 1. The maximum Gasteiger partial charge on any atom is 0.305 e. The fraction of sp³-hybridized carbons (Fsp3) is 0.179. The van der Waals surface area contributed by atoms with Crippen molar-refractivity contribution < 1.29 is 14.3 Å². The molecule has 2 aliphatic rings. The Kier molecular flexibility index (Phi) is 6.18. The van der Waals surface area contributed by atoms with Gasteiger partial charge in [-0.3, -0.25) is 14.4 Å². The molecule has 0 unspecified atom stereocenters. The Labute approximate surface area is 226 Å². The van der Waals surface area contributed by atoms with Crippen LogP contribution in [0.1, 0.15) is 27.5 Å². The van der Waals surface area contributed by atoms with Gasteiger partial charge in [0.2, 0.25) is 11.8 Å². The summed E-state index contributed by atoms with van der Waals surface area (Å²) < 4.78 is 5.97. The molecule has 0 bridgehead atoms. The van der Waals surface area contributed by atoms with Gasteiger partial charge in [-0.25, -0.2) is 4.90 Å². The maximum atomic E-state index is 13.7. The molecule has 1 saturated heterocycles. The predicted molar refractivity (Wildman–Crippen MR) is 146 cm³/mol. The Morgan fingerprint density at radius 3 is 2.46 bits per heavy atom. The van der Waals surface area contributed by atoms with E-state index in [1.807, 2.05) is 49.4 Å². The van der Waals surface area contributed by atoms with Crippen molar-refractivity contribution in [1.82, 2.24) is 4.98 Å². The van der Waals surface area contributed by atoms with E-state index in [-0.39, 0.29) is 16.7 Å².